The summed E-state index contributed by atoms with van der Waals surface area (Å²) in [5.41, 5.74) is 3.50. The minimum absolute atomic E-state index is 0.123. The standard InChI is InChI=1S/C18H20N2O2/c1-22-17-8-4-7-16(11-17)19-12-18(21)20-10-9-14-5-2-3-6-15(14)13-20/h2-8,11,19H,9-10,12-13H2,1H3. The van der Waals surface area contributed by atoms with E-state index in [1.807, 2.05) is 35.2 Å². The van der Waals surface area contributed by atoms with Crippen molar-refractivity contribution in [2.24, 2.45) is 0 Å². The molecule has 22 heavy (non-hydrogen) atoms. The zero-order valence-electron chi connectivity index (χ0n) is 12.7. The summed E-state index contributed by atoms with van der Waals surface area (Å²) < 4.78 is 5.18. The quantitative estimate of drug-likeness (QED) is 0.943. The van der Waals surface area contributed by atoms with Crippen molar-refractivity contribution in [2.45, 2.75) is 13.0 Å². The fourth-order valence-electron chi connectivity index (χ4n) is 2.73. The molecule has 4 nitrogen and oxygen atoms in total. The van der Waals surface area contributed by atoms with Gasteiger partial charge in [0, 0.05) is 24.8 Å². The Kier molecular flexibility index (Phi) is 4.28. The molecule has 0 atom stereocenters. The molecule has 0 aliphatic carbocycles. The number of carbonyl (C=O) groups is 1. The number of ether oxygens (including phenoxy) is 1. The van der Waals surface area contributed by atoms with Gasteiger partial charge in [-0.2, -0.15) is 0 Å². The third kappa shape index (κ3) is 3.22. The number of carbonyl (C=O) groups excluding carboxylic acids is 1. The van der Waals surface area contributed by atoms with Gasteiger partial charge in [-0.3, -0.25) is 4.79 Å². The smallest absolute Gasteiger partial charge is 0.242 e. The van der Waals surface area contributed by atoms with Crippen molar-refractivity contribution >= 4 is 11.6 Å². The number of fused-ring (bicyclic) bond motifs is 1. The van der Waals surface area contributed by atoms with Crippen LogP contribution in [0.1, 0.15) is 11.1 Å². The number of rotatable bonds is 4. The lowest BCUT2D eigenvalue weighted by Crippen LogP contribution is -2.39. The number of anilines is 1. The highest BCUT2D eigenvalue weighted by atomic mass is 16.5. The van der Waals surface area contributed by atoms with Gasteiger partial charge in [0.2, 0.25) is 5.91 Å². The highest BCUT2D eigenvalue weighted by molar-refractivity contribution is 5.81. The van der Waals surface area contributed by atoms with E-state index in [1.165, 1.54) is 11.1 Å². The average molecular weight is 296 g/mol. The minimum atomic E-state index is 0.123. The van der Waals surface area contributed by atoms with Gasteiger partial charge in [0.05, 0.1) is 13.7 Å². The second kappa shape index (κ2) is 6.52. The van der Waals surface area contributed by atoms with Crippen molar-refractivity contribution in [3.63, 3.8) is 0 Å². The lowest BCUT2D eigenvalue weighted by atomic mass is 10.00. The first-order chi connectivity index (χ1) is 10.8. The van der Waals surface area contributed by atoms with Gasteiger partial charge < -0.3 is 15.0 Å². The summed E-state index contributed by atoms with van der Waals surface area (Å²) in [6.07, 6.45) is 0.932. The van der Waals surface area contributed by atoms with Crippen molar-refractivity contribution in [3.8, 4) is 5.75 Å². The molecule has 1 aliphatic rings. The van der Waals surface area contributed by atoms with E-state index in [2.05, 4.69) is 23.5 Å². The van der Waals surface area contributed by atoms with E-state index in [0.29, 0.717) is 13.1 Å². The van der Waals surface area contributed by atoms with Crippen molar-refractivity contribution in [1.82, 2.24) is 4.90 Å². The van der Waals surface area contributed by atoms with Gasteiger partial charge in [0.15, 0.2) is 0 Å². The first-order valence-electron chi connectivity index (χ1n) is 7.49. The van der Waals surface area contributed by atoms with Gasteiger partial charge in [0.25, 0.3) is 0 Å². The van der Waals surface area contributed by atoms with Crippen molar-refractivity contribution in [3.05, 3.63) is 59.7 Å². The molecule has 114 valence electrons. The van der Waals surface area contributed by atoms with Gasteiger partial charge in [-0.25, -0.2) is 0 Å². The molecule has 0 saturated heterocycles. The molecule has 2 aromatic carbocycles. The summed E-state index contributed by atoms with van der Waals surface area (Å²) in [7, 11) is 1.63. The summed E-state index contributed by atoms with van der Waals surface area (Å²) >= 11 is 0. The van der Waals surface area contributed by atoms with Gasteiger partial charge in [-0.15, -0.1) is 0 Å². The van der Waals surface area contributed by atoms with Crippen LogP contribution in [0, 0.1) is 0 Å². The molecule has 0 saturated carbocycles. The largest absolute Gasteiger partial charge is 0.497 e. The van der Waals surface area contributed by atoms with Crippen LogP contribution >= 0.6 is 0 Å². The van der Waals surface area contributed by atoms with Crippen LogP contribution in [0.5, 0.6) is 5.75 Å². The van der Waals surface area contributed by atoms with E-state index >= 15 is 0 Å². The van der Waals surface area contributed by atoms with Crippen LogP contribution in [-0.4, -0.2) is 31.0 Å². The zero-order valence-corrected chi connectivity index (χ0v) is 12.7. The maximum atomic E-state index is 12.4. The summed E-state index contributed by atoms with van der Waals surface area (Å²) in [4.78, 5) is 14.3. The summed E-state index contributed by atoms with van der Waals surface area (Å²) in [6.45, 7) is 1.79. The summed E-state index contributed by atoms with van der Waals surface area (Å²) in [5.74, 6) is 0.904. The van der Waals surface area contributed by atoms with E-state index in [4.69, 9.17) is 4.74 Å². The molecule has 1 amide bonds. The van der Waals surface area contributed by atoms with Crippen LogP contribution in [0.4, 0.5) is 5.69 Å². The second-order valence-corrected chi connectivity index (χ2v) is 5.42. The van der Waals surface area contributed by atoms with Crippen LogP contribution in [0.3, 0.4) is 0 Å². The second-order valence-electron chi connectivity index (χ2n) is 5.42. The molecule has 0 fully saturated rings. The van der Waals surface area contributed by atoms with Gasteiger partial charge in [-0.1, -0.05) is 30.3 Å². The molecule has 4 heteroatoms. The van der Waals surface area contributed by atoms with E-state index in [1.54, 1.807) is 7.11 Å². The molecule has 3 rings (SSSR count). The van der Waals surface area contributed by atoms with E-state index in [-0.39, 0.29) is 5.91 Å². The molecule has 0 aromatic heterocycles. The number of nitrogens with zero attached hydrogens (tertiary/aromatic N) is 1. The summed E-state index contributed by atoms with van der Waals surface area (Å²) in [6, 6.07) is 15.9. The number of methoxy groups -OCH3 is 1. The van der Waals surface area contributed by atoms with Gasteiger partial charge in [-0.05, 0) is 29.7 Å². The third-order valence-corrected chi connectivity index (χ3v) is 4.00. The number of benzene rings is 2. The number of nitrogens with one attached hydrogen (secondary N) is 1. The van der Waals surface area contributed by atoms with E-state index in [0.717, 1.165) is 24.4 Å². The molecule has 1 aliphatic heterocycles. The Morgan fingerprint density at radius 2 is 2.00 bits per heavy atom. The fourth-order valence-corrected chi connectivity index (χ4v) is 2.73. The monoisotopic (exact) mass is 296 g/mol. The molecule has 1 N–H and O–H groups in total. The molecule has 1 heterocycles. The Morgan fingerprint density at radius 3 is 2.82 bits per heavy atom. The molecule has 0 bridgehead atoms. The highest BCUT2D eigenvalue weighted by Crippen LogP contribution is 2.19. The number of hydrogen-bond acceptors (Lipinski definition) is 3. The number of hydrogen-bond donors (Lipinski definition) is 1. The van der Waals surface area contributed by atoms with Crippen LogP contribution in [-0.2, 0) is 17.8 Å². The lowest BCUT2D eigenvalue weighted by Gasteiger charge is -2.29. The Balaban J connectivity index is 1.59. The molecular formula is C18H20N2O2. The van der Waals surface area contributed by atoms with Crippen LogP contribution in [0.15, 0.2) is 48.5 Å². The average Bonchev–Trinajstić information content (AvgIpc) is 2.59. The Hall–Kier alpha value is -2.49. The minimum Gasteiger partial charge on any atom is -0.497 e. The van der Waals surface area contributed by atoms with Crippen LogP contribution in [0.2, 0.25) is 0 Å². The summed E-state index contributed by atoms with van der Waals surface area (Å²) in [5, 5.41) is 3.17. The Labute approximate surface area is 130 Å². The lowest BCUT2D eigenvalue weighted by molar-refractivity contribution is -0.130. The predicted molar refractivity (Wildman–Crippen MR) is 87.0 cm³/mol. The van der Waals surface area contributed by atoms with Gasteiger partial charge >= 0.3 is 0 Å². The molecule has 0 radical (unpaired) electrons. The van der Waals surface area contributed by atoms with Crippen LogP contribution in [0.25, 0.3) is 0 Å². The molecule has 0 spiro atoms. The molecule has 2 aromatic rings. The maximum Gasteiger partial charge on any atom is 0.242 e. The first kappa shape index (κ1) is 14.4. The van der Waals surface area contributed by atoms with Crippen molar-refractivity contribution in [2.75, 3.05) is 25.5 Å². The Bertz CT molecular complexity index is 670. The zero-order chi connectivity index (χ0) is 15.4. The SMILES string of the molecule is COc1cccc(NCC(=O)N2CCc3ccccc3C2)c1. The van der Waals surface area contributed by atoms with E-state index in [9.17, 15) is 4.79 Å². The fraction of sp³-hybridized carbons (Fsp3) is 0.278. The number of amides is 1. The van der Waals surface area contributed by atoms with Crippen molar-refractivity contribution < 1.29 is 9.53 Å². The normalized spacial score (nSPS) is 13.4. The third-order valence-electron chi connectivity index (χ3n) is 4.00. The highest BCUT2D eigenvalue weighted by Gasteiger charge is 2.19. The predicted octanol–water partition coefficient (Wildman–Crippen LogP) is 2.69. The van der Waals surface area contributed by atoms with E-state index < -0.39 is 0 Å². The maximum absolute atomic E-state index is 12.4. The first-order valence-corrected chi connectivity index (χ1v) is 7.49. The van der Waals surface area contributed by atoms with Gasteiger partial charge in [0.1, 0.15) is 5.75 Å². The molecular weight excluding hydrogens is 276 g/mol. The topological polar surface area (TPSA) is 41.6 Å². The van der Waals surface area contributed by atoms with Crippen molar-refractivity contribution in [1.29, 1.82) is 0 Å². The molecule has 0 unspecified atom stereocenters. The Morgan fingerprint density at radius 1 is 1.18 bits per heavy atom. The van der Waals surface area contributed by atoms with Crippen LogP contribution < -0.4 is 10.1 Å².